The van der Waals surface area contributed by atoms with Crippen LogP contribution in [0.4, 0.5) is 25.1 Å². The molecule has 0 amide bonds. The van der Waals surface area contributed by atoms with Gasteiger partial charge in [0.05, 0.1) is 11.0 Å². The number of halogens is 3. The van der Waals surface area contributed by atoms with Crippen LogP contribution in [0.2, 0.25) is 0 Å². The number of H-pyrrole nitrogens is 1. The van der Waals surface area contributed by atoms with Crippen LogP contribution in [0.25, 0.3) is 22.1 Å². The number of imidazole rings is 1. The number of benzene rings is 2. The van der Waals surface area contributed by atoms with Gasteiger partial charge in [0.25, 0.3) is 0 Å². The van der Waals surface area contributed by atoms with Gasteiger partial charge in [0.2, 0.25) is 5.95 Å². The molecule has 4 rings (SSSR count). The standard InChI is InChI=1S/C20H17F3N4O3.CH4/c1-2-3-4-16(28)11-5-7-13-15(9-11)25-18(24-13)27-19-26-14-8-6-12(10-17(14)29-19)30-20(21,22)23;/h5-10H,2-4H2,1H3,(H2,24,25,26,27);1H4. The number of hydrogen-bond acceptors (Lipinski definition) is 6. The molecule has 0 aliphatic heterocycles. The molecular weight excluding hydrogens is 413 g/mol. The van der Waals surface area contributed by atoms with Gasteiger partial charge in [0.1, 0.15) is 11.3 Å². The molecule has 10 heteroatoms. The smallest absolute Gasteiger partial charge is 0.423 e. The highest BCUT2D eigenvalue weighted by Crippen LogP contribution is 2.29. The zero-order valence-corrected chi connectivity index (χ0v) is 15.8. The van der Waals surface area contributed by atoms with E-state index in [1.54, 1.807) is 18.2 Å². The fraction of sp³-hybridized carbons (Fsp3) is 0.286. The molecule has 31 heavy (non-hydrogen) atoms. The van der Waals surface area contributed by atoms with E-state index in [9.17, 15) is 18.0 Å². The van der Waals surface area contributed by atoms with Crippen molar-refractivity contribution in [3.05, 3.63) is 42.0 Å². The number of carbonyl (C=O) groups is 1. The maximum Gasteiger partial charge on any atom is 0.573 e. The van der Waals surface area contributed by atoms with Gasteiger partial charge in [0, 0.05) is 18.1 Å². The molecule has 0 saturated carbocycles. The van der Waals surface area contributed by atoms with Crippen LogP contribution >= 0.6 is 0 Å². The number of ether oxygens (including phenoxy) is 1. The van der Waals surface area contributed by atoms with E-state index in [0.29, 0.717) is 34.5 Å². The zero-order valence-electron chi connectivity index (χ0n) is 15.8. The molecule has 0 saturated heterocycles. The predicted octanol–water partition coefficient (Wildman–Crippen LogP) is 6.36. The van der Waals surface area contributed by atoms with Crippen molar-refractivity contribution in [2.75, 3.05) is 5.32 Å². The summed E-state index contributed by atoms with van der Waals surface area (Å²) in [7, 11) is 0. The highest BCUT2D eigenvalue weighted by Gasteiger charge is 2.31. The van der Waals surface area contributed by atoms with Gasteiger partial charge in [-0.1, -0.05) is 20.8 Å². The number of ketones is 1. The molecular formula is C21H21F3N4O3. The summed E-state index contributed by atoms with van der Waals surface area (Å²) < 4.78 is 46.4. The van der Waals surface area contributed by atoms with E-state index in [4.69, 9.17) is 4.42 Å². The number of alkyl halides is 3. The minimum absolute atomic E-state index is 0. The number of carbonyl (C=O) groups excluding carboxylic acids is 1. The van der Waals surface area contributed by atoms with Crippen LogP contribution in [-0.4, -0.2) is 27.1 Å². The molecule has 2 N–H and O–H groups in total. The van der Waals surface area contributed by atoms with Crippen LogP contribution in [0.3, 0.4) is 0 Å². The first-order valence-corrected chi connectivity index (χ1v) is 9.27. The lowest BCUT2D eigenvalue weighted by Crippen LogP contribution is -2.16. The molecule has 0 aliphatic carbocycles. The van der Waals surface area contributed by atoms with Gasteiger partial charge in [-0.15, -0.1) is 13.2 Å². The fourth-order valence-electron chi connectivity index (χ4n) is 2.98. The minimum Gasteiger partial charge on any atom is -0.423 e. The summed E-state index contributed by atoms with van der Waals surface area (Å²) in [6, 6.07) is 8.87. The van der Waals surface area contributed by atoms with Gasteiger partial charge in [-0.25, -0.2) is 4.98 Å². The quantitative estimate of drug-likeness (QED) is 0.329. The van der Waals surface area contributed by atoms with E-state index in [-0.39, 0.29) is 24.8 Å². The average Bonchev–Trinajstić information content (AvgIpc) is 3.26. The van der Waals surface area contributed by atoms with Gasteiger partial charge in [-0.2, -0.15) is 4.98 Å². The third kappa shape index (κ3) is 5.14. The van der Waals surface area contributed by atoms with Crippen molar-refractivity contribution in [1.82, 2.24) is 15.0 Å². The lowest BCUT2D eigenvalue weighted by Gasteiger charge is -2.07. The van der Waals surface area contributed by atoms with Crippen LogP contribution in [0.5, 0.6) is 5.75 Å². The largest absolute Gasteiger partial charge is 0.573 e. The van der Waals surface area contributed by atoms with E-state index >= 15 is 0 Å². The van der Waals surface area contributed by atoms with Crippen LogP contribution in [0, 0.1) is 0 Å². The second kappa shape index (κ2) is 8.66. The van der Waals surface area contributed by atoms with Crippen molar-refractivity contribution in [3.63, 3.8) is 0 Å². The van der Waals surface area contributed by atoms with Crippen LogP contribution in [0.15, 0.2) is 40.8 Å². The van der Waals surface area contributed by atoms with Gasteiger partial charge in [-0.05, 0) is 36.8 Å². The number of anilines is 2. The molecule has 0 atom stereocenters. The Bertz CT molecular complexity index is 1210. The average molecular weight is 434 g/mol. The Balaban J connectivity index is 0.00000272. The van der Waals surface area contributed by atoms with Crippen molar-refractivity contribution in [2.45, 2.75) is 40.0 Å². The first-order valence-electron chi connectivity index (χ1n) is 9.27. The van der Waals surface area contributed by atoms with Crippen molar-refractivity contribution in [2.24, 2.45) is 0 Å². The zero-order chi connectivity index (χ0) is 21.3. The number of rotatable bonds is 7. The van der Waals surface area contributed by atoms with E-state index in [0.717, 1.165) is 25.0 Å². The van der Waals surface area contributed by atoms with Crippen molar-refractivity contribution in [3.8, 4) is 5.75 Å². The van der Waals surface area contributed by atoms with Gasteiger partial charge in [-0.3, -0.25) is 10.1 Å². The summed E-state index contributed by atoms with van der Waals surface area (Å²) in [4.78, 5) is 23.8. The number of oxazole rings is 1. The third-order valence-electron chi connectivity index (χ3n) is 4.38. The summed E-state index contributed by atoms with van der Waals surface area (Å²) in [5.41, 5.74) is 2.38. The Labute approximate surface area is 175 Å². The van der Waals surface area contributed by atoms with E-state index in [1.807, 2.05) is 6.92 Å². The minimum atomic E-state index is -4.79. The number of aromatic amines is 1. The molecule has 0 bridgehead atoms. The molecule has 0 spiro atoms. The van der Waals surface area contributed by atoms with Crippen LogP contribution in [0.1, 0.15) is 44.0 Å². The molecule has 2 aromatic heterocycles. The highest BCUT2D eigenvalue weighted by molar-refractivity contribution is 5.99. The Morgan fingerprint density at radius 3 is 2.68 bits per heavy atom. The summed E-state index contributed by atoms with van der Waals surface area (Å²) in [6.45, 7) is 2.03. The number of hydrogen-bond donors (Lipinski definition) is 2. The maximum atomic E-state index is 12.4. The first kappa shape index (κ1) is 22.1. The molecule has 0 unspecified atom stereocenters. The van der Waals surface area contributed by atoms with Crippen molar-refractivity contribution in [1.29, 1.82) is 0 Å². The molecule has 0 aliphatic rings. The molecule has 0 fully saturated rings. The van der Waals surface area contributed by atoms with Gasteiger partial charge >= 0.3 is 12.4 Å². The SMILES string of the molecule is C.CCCCC(=O)c1ccc2nc(Nc3nc4ccc(OC(F)(F)F)cc4o3)[nH]c2c1. The number of fused-ring (bicyclic) bond motifs is 2. The number of nitrogens with zero attached hydrogens (tertiary/aromatic N) is 2. The Morgan fingerprint density at radius 1 is 1.16 bits per heavy atom. The number of Topliss-reactive ketones (excluding diaryl/α,β-unsaturated/α-hetero) is 1. The molecule has 0 radical (unpaired) electrons. The molecule has 7 nitrogen and oxygen atoms in total. The monoisotopic (exact) mass is 434 g/mol. The van der Waals surface area contributed by atoms with Gasteiger partial charge in [0.15, 0.2) is 11.4 Å². The summed E-state index contributed by atoms with van der Waals surface area (Å²) in [5, 5.41) is 2.84. The second-order valence-electron chi connectivity index (χ2n) is 6.67. The van der Waals surface area contributed by atoms with E-state index in [2.05, 4.69) is 25.0 Å². The van der Waals surface area contributed by atoms with Gasteiger partial charge < -0.3 is 14.1 Å². The van der Waals surface area contributed by atoms with E-state index in [1.165, 1.54) is 6.07 Å². The molecule has 164 valence electrons. The van der Waals surface area contributed by atoms with E-state index < -0.39 is 12.1 Å². The topological polar surface area (TPSA) is 93.0 Å². The lowest BCUT2D eigenvalue weighted by molar-refractivity contribution is -0.274. The normalized spacial score (nSPS) is 11.5. The predicted molar refractivity (Wildman–Crippen MR) is 111 cm³/mol. The fourth-order valence-corrected chi connectivity index (χ4v) is 2.98. The number of nitrogens with one attached hydrogen (secondary N) is 2. The Kier molecular flexibility index (Phi) is 6.19. The Morgan fingerprint density at radius 2 is 1.94 bits per heavy atom. The second-order valence-corrected chi connectivity index (χ2v) is 6.67. The first-order chi connectivity index (χ1) is 14.3. The lowest BCUT2D eigenvalue weighted by atomic mass is 10.1. The van der Waals surface area contributed by atoms with Crippen LogP contribution < -0.4 is 10.1 Å². The molecule has 2 aromatic carbocycles. The molecule has 4 aromatic rings. The summed E-state index contributed by atoms with van der Waals surface area (Å²) in [6.07, 6.45) is -2.52. The Hall–Kier alpha value is -3.56. The summed E-state index contributed by atoms with van der Waals surface area (Å²) in [5.74, 6) is -0.0122. The van der Waals surface area contributed by atoms with Crippen molar-refractivity contribution < 1.29 is 27.1 Å². The molecule has 2 heterocycles. The van der Waals surface area contributed by atoms with Crippen LogP contribution in [-0.2, 0) is 0 Å². The maximum absolute atomic E-state index is 12.4. The number of unbranched alkanes of at least 4 members (excludes halogenated alkanes) is 1. The van der Waals surface area contributed by atoms with Crippen molar-refractivity contribution >= 4 is 39.9 Å². The highest BCUT2D eigenvalue weighted by atomic mass is 19.4. The third-order valence-corrected chi connectivity index (χ3v) is 4.38. The summed E-state index contributed by atoms with van der Waals surface area (Å²) >= 11 is 0. The number of aromatic nitrogens is 3.